The highest BCUT2D eigenvalue weighted by Gasteiger charge is 2.19. The number of benzene rings is 1. The van der Waals surface area contributed by atoms with E-state index in [0.717, 1.165) is 90.9 Å². The molecule has 3 N–H and O–H groups in total. The first-order chi connectivity index (χ1) is 19.5. The zero-order valence-corrected chi connectivity index (χ0v) is 24.8. The average Bonchev–Trinajstić information content (AvgIpc) is 2.95. The summed E-state index contributed by atoms with van der Waals surface area (Å²) in [6.45, 7) is 14.2. The van der Waals surface area contributed by atoms with Crippen molar-refractivity contribution in [3.63, 3.8) is 0 Å². The van der Waals surface area contributed by atoms with E-state index in [-0.39, 0.29) is 0 Å². The molecule has 1 saturated heterocycles. The van der Waals surface area contributed by atoms with Crippen molar-refractivity contribution >= 4 is 34.5 Å². The van der Waals surface area contributed by atoms with E-state index >= 15 is 0 Å². The molecule has 212 valence electrons. The van der Waals surface area contributed by atoms with Gasteiger partial charge in [0, 0.05) is 53.7 Å². The number of hydrogen-bond donors (Lipinski definition) is 3. The first-order valence-corrected chi connectivity index (χ1v) is 14.7. The molecule has 0 aliphatic carbocycles. The SMILES string of the molecule is CC/C=C1\NC=Cc2cc(C(/C=C\C=C(/C)NC(C)C)=C\CCC)nc(Nc3ccc(N4CCOCC4)cc3)c21. The van der Waals surface area contributed by atoms with E-state index in [1.165, 1.54) is 5.69 Å². The van der Waals surface area contributed by atoms with Gasteiger partial charge in [-0.2, -0.15) is 0 Å². The number of ether oxygens (including phenoxy) is 1. The van der Waals surface area contributed by atoms with Crippen LogP contribution in [0.4, 0.5) is 17.2 Å². The monoisotopic (exact) mass is 539 g/mol. The number of morpholine rings is 1. The van der Waals surface area contributed by atoms with Crippen molar-refractivity contribution in [1.82, 2.24) is 15.6 Å². The molecular formula is C34H45N5O. The minimum Gasteiger partial charge on any atom is -0.386 e. The smallest absolute Gasteiger partial charge is 0.141 e. The summed E-state index contributed by atoms with van der Waals surface area (Å²) in [6, 6.07) is 11.3. The van der Waals surface area contributed by atoms with E-state index in [0.29, 0.717) is 6.04 Å². The fraction of sp³-hybridized carbons (Fsp3) is 0.382. The highest BCUT2D eigenvalue weighted by Crippen LogP contribution is 2.34. The van der Waals surface area contributed by atoms with Crippen LogP contribution in [0.1, 0.15) is 70.7 Å². The zero-order chi connectivity index (χ0) is 28.3. The standard InChI is InChI=1S/C34H45N5O/c1-6-8-12-27(13-9-11-26(5)36-25(3)4)32-24-28-18-19-35-31(10-7-2)33(28)34(38-32)37-29-14-16-30(17-15-29)39-20-22-40-23-21-39/h9-19,24-25,35-36H,6-8,20-23H2,1-5H3,(H,37,38)/b13-9-,26-11+,27-12-,31-10-. The van der Waals surface area contributed by atoms with Gasteiger partial charge >= 0.3 is 0 Å². The predicted molar refractivity (Wildman–Crippen MR) is 171 cm³/mol. The predicted octanol–water partition coefficient (Wildman–Crippen LogP) is 7.63. The Morgan fingerprint density at radius 1 is 1.15 bits per heavy atom. The summed E-state index contributed by atoms with van der Waals surface area (Å²) in [5.41, 5.74) is 8.80. The number of anilines is 3. The summed E-state index contributed by atoms with van der Waals surface area (Å²) in [6.07, 6.45) is 18.1. The quantitative estimate of drug-likeness (QED) is 0.255. The van der Waals surface area contributed by atoms with E-state index in [1.54, 1.807) is 0 Å². The lowest BCUT2D eigenvalue weighted by molar-refractivity contribution is 0.122. The Hall–Kier alpha value is -3.77. The van der Waals surface area contributed by atoms with Gasteiger partial charge in [-0.15, -0.1) is 0 Å². The highest BCUT2D eigenvalue weighted by atomic mass is 16.5. The largest absolute Gasteiger partial charge is 0.386 e. The Morgan fingerprint density at radius 2 is 1.93 bits per heavy atom. The van der Waals surface area contributed by atoms with Crippen molar-refractivity contribution in [3.8, 4) is 0 Å². The van der Waals surface area contributed by atoms with E-state index in [2.05, 4.69) is 122 Å². The number of fused-ring (bicyclic) bond motifs is 1. The Kier molecular flexibility index (Phi) is 10.6. The van der Waals surface area contributed by atoms with Crippen LogP contribution in [-0.2, 0) is 4.74 Å². The normalized spacial score (nSPS) is 16.9. The number of hydrogen-bond acceptors (Lipinski definition) is 6. The van der Waals surface area contributed by atoms with Crippen LogP contribution in [0.5, 0.6) is 0 Å². The summed E-state index contributed by atoms with van der Waals surface area (Å²) >= 11 is 0. The summed E-state index contributed by atoms with van der Waals surface area (Å²) in [5, 5.41) is 10.5. The molecule has 2 aliphatic rings. The molecule has 2 aliphatic heterocycles. The third-order valence-electron chi connectivity index (χ3n) is 6.82. The lowest BCUT2D eigenvalue weighted by Crippen LogP contribution is -2.36. The first kappa shape index (κ1) is 29.2. The summed E-state index contributed by atoms with van der Waals surface area (Å²) in [5.74, 6) is 0.854. The average molecular weight is 540 g/mol. The van der Waals surface area contributed by atoms with Crippen molar-refractivity contribution in [3.05, 3.63) is 89.4 Å². The molecule has 0 spiro atoms. The number of pyridine rings is 1. The Labute approximate surface area is 240 Å². The van der Waals surface area contributed by atoms with E-state index < -0.39 is 0 Å². The maximum atomic E-state index is 5.52. The van der Waals surface area contributed by atoms with Crippen LogP contribution in [0.2, 0.25) is 0 Å². The van der Waals surface area contributed by atoms with Gasteiger partial charge in [-0.05, 0) is 87.2 Å². The Bertz CT molecular complexity index is 1280. The second-order valence-electron chi connectivity index (χ2n) is 10.6. The molecule has 0 unspecified atom stereocenters. The highest BCUT2D eigenvalue weighted by molar-refractivity contribution is 5.88. The summed E-state index contributed by atoms with van der Waals surface area (Å²) < 4.78 is 5.52. The van der Waals surface area contributed by atoms with E-state index in [1.807, 2.05) is 6.20 Å². The summed E-state index contributed by atoms with van der Waals surface area (Å²) in [4.78, 5) is 7.59. The van der Waals surface area contributed by atoms with Crippen LogP contribution < -0.4 is 20.9 Å². The third-order valence-corrected chi connectivity index (χ3v) is 6.82. The lowest BCUT2D eigenvalue weighted by atomic mass is 9.98. The molecule has 40 heavy (non-hydrogen) atoms. The zero-order valence-electron chi connectivity index (χ0n) is 24.8. The van der Waals surface area contributed by atoms with Crippen LogP contribution in [0.25, 0.3) is 17.3 Å². The number of nitrogens with zero attached hydrogens (tertiary/aromatic N) is 2. The van der Waals surface area contributed by atoms with Crippen LogP contribution in [-0.4, -0.2) is 37.3 Å². The second-order valence-corrected chi connectivity index (χ2v) is 10.6. The molecular weight excluding hydrogens is 494 g/mol. The molecule has 6 heteroatoms. The van der Waals surface area contributed by atoms with Crippen molar-refractivity contribution in [2.24, 2.45) is 0 Å². The Morgan fingerprint density at radius 3 is 2.62 bits per heavy atom. The number of unbranched alkanes of at least 4 members (excludes halogenated alkanes) is 1. The third kappa shape index (κ3) is 7.89. The minimum atomic E-state index is 0.407. The molecule has 1 aromatic carbocycles. The fourth-order valence-electron chi connectivity index (χ4n) is 4.95. The minimum absolute atomic E-state index is 0.407. The van der Waals surface area contributed by atoms with Crippen molar-refractivity contribution < 1.29 is 4.74 Å². The fourth-order valence-corrected chi connectivity index (χ4v) is 4.95. The maximum absolute atomic E-state index is 5.52. The Balaban J connectivity index is 1.70. The van der Waals surface area contributed by atoms with Crippen LogP contribution >= 0.6 is 0 Å². The lowest BCUT2D eigenvalue weighted by Gasteiger charge is -2.29. The van der Waals surface area contributed by atoms with Gasteiger partial charge in [0.1, 0.15) is 5.82 Å². The number of rotatable bonds is 11. The molecule has 6 nitrogen and oxygen atoms in total. The van der Waals surface area contributed by atoms with Gasteiger partial charge in [-0.1, -0.05) is 44.6 Å². The van der Waals surface area contributed by atoms with Gasteiger partial charge in [0.25, 0.3) is 0 Å². The molecule has 1 aromatic heterocycles. The van der Waals surface area contributed by atoms with Gasteiger partial charge in [0.2, 0.25) is 0 Å². The van der Waals surface area contributed by atoms with Gasteiger partial charge in [0.05, 0.1) is 18.9 Å². The number of allylic oxidation sites excluding steroid dienone is 7. The molecule has 0 radical (unpaired) electrons. The number of nitrogens with one attached hydrogen (secondary N) is 3. The molecule has 0 saturated carbocycles. The van der Waals surface area contributed by atoms with Gasteiger partial charge in [0.15, 0.2) is 0 Å². The van der Waals surface area contributed by atoms with Crippen LogP contribution in [0.3, 0.4) is 0 Å². The van der Waals surface area contributed by atoms with E-state index in [9.17, 15) is 0 Å². The molecule has 0 atom stereocenters. The van der Waals surface area contributed by atoms with Gasteiger partial charge < -0.3 is 25.6 Å². The summed E-state index contributed by atoms with van der Waals surface area (Å²) in [7, 11) is 0. The van der Waals surface area contributed by atoms with Gasteiger partial charge in [-0.3, -0.25) is 0 Å². The van der Waals surface area contributed by atoms with E-state index in [4.69, 9.17) is 9.72 Å². The molecule has 3 heterocycles. The van der Waals surface area contributed by atoms with Crippen LogP contribution in [0.15, 0.2) is 72.6 Å². The molecule has 1 fully saturated rings. The first-order valence-electron chi connectivity index (χ1n) is 14.7. The van der Waals surface area contributed by atoms with Crippen molar-refractivity contribution in [1.29, 1.82) is 0 Å². The van der Waals surface area contributed by atoms with Crippen molar-refractivity contribution in [2.75, 3.05) is 36.5 Å². The maximum Gasteiger partial charge on any atom is 0.141 e. The van der Waals surface area contributed by atoms with Crippen molar-refractivity contribution in [2.45, 2.75) is 59.9 Å². The number of aromatic nitrogens is 1. The molecule has 0 amide bonds. The van der Waals surface area contributed by atoms with Crippen LogP contribution in [0, 0.1) is 0 Å². The molecule has 2 aromatic rings. The second kappa shape index (κ2) is 14.6. The topological polar surface area (TPSA) is 61.5 Å². The molecule has 4 rings (SSSR count). The van der Waals surface area contributed by atoms with Gasteiger partial charge in [-0.25, -0.2) is 4.98 Å². The molecule has 0 bridgehead atoms.